The van der Waals surface area contributed by atoms with Crippen molar-refractivity contribution >= 4 is 27.9 Å². The van der Waals surface area contributed by atoms with Crippen molar-refractivity contribution in [3.05, 3.63) is 0 Å². The van der Waals surface area contributed by atoms with Crippen LogP contribution in [0.15, 0.2) is 0 Å². The van der Waals surface area contributed by atoms with Crippen LogP contribution >= 0.6 is 0 Å². The third-order valence-corrected chi connectivity index (χ3v) is 1.15. The summed E-state index contributed by atoms with van der Waals surface area (Å²) in [5, 5.41) is 3.00. The summed E-state index contributed by atoms with van der Waals surface area (Å²) in [6.45, 7) is 0. The summed E-state index contributed by atoms with van der Waals surface area (Å²) in [5.41, 5.74) is 0. The molecule has 0 saturated heterocycles. The van der Waals surface area contributed by atoms with E-state index in [4.69, 9.17) is 0 Å². The predicted molar refractivity (Wildman–Crippen MR) is 27.0 cm³/mol. The van der Waals surface area contributed by atoms with Crippen LogP contribution in [0.25, 0.3) is 0 Å². The predicted octanol–water partition coefficient (Wildman–Crippen LogP) is -0.879. The molecule has 0 radical (unpaired) electrons. The first kappa shape index (κ1) is 4.39. The van der Waals surface area contributed by atoms with E-state index in [0.29, 0.717) is 0 Å². The normalized spacial score (nSPS) is 17.7. The summed E-state index contributed by atoms with van der Waals surface area (Å²) in [6, 6.07) is 0. The van der Waals surface area contributed by atoms with Gasteiger partial charge >= 0.3 is 11.1 Å². The third-order valence-electron chi connectivity index (χ3n) is 0.498. The second-order valence-corrected chi connectivity index (χ2v) is 1.85. The average molecular weight is 116 g/mol. The lowest BCUT2D eigenvalue weighted by molar-refractivity contribution is -0.113. The van der Waals surface area contributed by atoms with Crippen molar-refractivity contribution in [2.75, 3.05) is 0 Å². The van der Waals surface area contributed by atoms with Crippen molar-refractivity contribution in [3.63, 3.8) is 0 Å². The maximum absolute atomic E-state index is 10.1. The van der Waals surface area contributed by atoms with E-state index in [9.17, 15) is 9.59 Å². The standard InChI is InChI=1S/C3HNO2S/c5-2-1-7-3(6)4-2/h1H/p+1. The highest BCUT2D eigenvalue weighted by Crippen LogP contribution is 1.74. The van der Waals surface area contributed by atoms with Gasteiger partial charge in [0.05, 0.1) is 0 Å². The molecular formula is C3H2NO2S+. The number of hydrogen-bond donors (Lipinski definition) is 1. The highest BCUT2D eigenvalue weighted by atomic mass is 32.1. The van der Waals surface area contributed by atoms with Crippen LogP contribution < -0.4 is 5.32 Å². The van der Waals surface area contributed by atoms with Crippen LogP contribution in [-0.2, 0) is 16.1 Å². The lowest BCUT2D eigenvalue weighted by atomic mass is 10.7. The van der Waals surface area contributed by atoms with Gasteiger partial charge in [0.1, 0.15) is 0 Å². The summed E-state index contributed by atoms with van der Waals surface area (Å²) in [4.78, 5) is 20.1. The minimum Gasteiger partial charge on any atom is -0.264 e. The molecule has 0 bridgehead atoms. The zero-order chi connectivity index (χ0) is 5.28. The van der Waals surface area contributed by atoms with Gasteiger partial charge in [-0.2, -0.15) is 0 Å². The molecule has 0 aromatic carbocycles. The molecule has 1 aliphatic heterocycles. The molecule has 0 atom stereocenters. The Morgan fingerprint density at radius 1 is 1.57 bits per heavy atom. The molecule has 0 spiro atoms. The van der Waals surface area contributed by atoms with Crippen LogP contribution in [-0.4, -0.2) is 16.5 Å². The molecule has 36 valence electrons. The topological polar surface area (TPSA) is 46.2 Å². The number of carbonyl (C=O) groups is 2. The van der Waals surface area contributed by atoms with Crippen molar-refractivity contribution in [1.82, 2.24) is 5.32 Å². The van der Waals surface area contributed by atoms with Crippen molar-refractivity contribution < 1.29 is 9.59 Å². The molecule has 0 aromatic heterocycles. The highest BCUT2D eigenvalue weighted by molar-refractivity contribution is 7.95. The third kappa shape index (κ3) is 0.806. The van der Waals surface area contributed by atoms with Gasteiger partial charge in [-0.1, -0.05) is 0 Å². The quantitative estimate of drug-likeness (QED) is 0.330. The van der Waals surface area contributed by atoms with Gasteiger partial charge in [-0.15, -0.1) is 0 Å². The average Bonchev–Trinajstić information content (AvgIpc) is 1.87. The first-order valence-corrected chi connectivity index (χ1v) is 2.52. The van der Waals surface area contributed by atoms with Crippen molar-refractivity contribution in [1.29, 1.82) is 0 Å². The SMILES string of the molecule is O=C1C=[S+]C(=O)N1. The lowest BCUT2D eigenvalue weighted by Gasteiger charge is -1.69. The fraction of sp³-hybridized carbons (Fsp3) is 0. The van der Waals surface area contributed by atoms with Crippen molar-refractivity contribution in [2.45, 2.75) is 0 Å². The van der Waals surface area contributed by atoms with Gasteiger partial charge in [0, 0.05) is 0 Å². The van der Waals surface area contributed by atoms with Crippen LogP contribution in [0.4, 0.5) is 4.79 Å². The van der Waals surface area contributed by atoms with E-state index in [2.05, 4.69) is 0 Å². The van der Waals surface area contributed by atoms with E-state index in [1.807, 2.05) is 5.32 Å². The van der Waals surface area contributed by atoms with Crippen LogP contribution in [0.5, 0.6) is 0 Å². The zero-order valence-corrected chi connectivity index (χ0v) is 4.12. The molecular weight excluding hydrogens is 114 g/mol. The largest absolute Gasteiger partial charge is 0.512 e. The molecule has 3 nitrogen and oxygen atoms in total. The van der Waals surface area contributed by atoms with Gasteiger partial charge in [0.15, 0.2) is 0 Å². The minimum atomic E-state index is -0.310. The summed E-state index contributed by atoms with van der Waals surface area (Å²) in [5.74, 6) is -0.310. The molecule has 1 aliphatic rings. The van der Waals surface area contributed by atoms with Gasteiger partial charge < -0.3 is 0 Å². The molecule has 0 fully saturated rings. The van der Waals surface area contributed by atoms with Crippen molar-refractivity contribution in [3.8, 4) is 0 Å². The maximum Gasteiger partial charge on any atom is 0.512 e. The van der Waals surface area contributed by atoms with E-state index in [1.165, 1.54) is 5.37 Å². The minimum absolute atomic E-state index is 0.287. The Morgan fingerprint density at radius 3 is 2.43 bits per heavy atom. The van der Waals surface area contributed by atoms with Crippen LogP contribution in [0, 0.1) is 0 Å². The Balaban J connectivity index is 2.76. The fourth-order valence-corrected chi connectivity index (χ4v) is 0.699. The van der Waals surface area contributed by atoms with E-state index in [-0.39, 0.29) is 11.1 Å². The fourth-order valence-electron chi connectivity index (χ4n) is 0.267. The molecule has 2 amide bonds. The van der Waals surface area contributed by atoms with E-state index >= 15 is 0 Å². The summed E-state index contributed by atoms with van der Waals surface area (Å²) < 4.78 is 0. The molecule has 1 N–H and O–H groups in total. The Morgan fingerprint density at radius 2 is 2.29 bits per heavy atom. The van der Waals surface area contributed by atoms with E-state index in [0.717, 1.165) is 11.4 Å². The molecule has 0 unspecified atom stereocenters. The summed E-state index contributed by atoms with van der Waals surface area (Å²) in [6.07, 6.45) is 0. The molecule has 4 heteroatoms. The second kappa shape index (κ2) is 1.38. The first-order chi connectivity index (χ1) is 3.29. The molecule has 1 heterocycles. The zero-order valence-electron chi connectivity index (χ0n) is 3.30. The Kier molecular flexibility index (Phi) is 0.867. The Labute approximate surface area is 43.7 Å². The van der Waals surface area contributed by atoms with Crippen LogP contribution in [0.3, 0.4) is 0 Å². The van der Waals surface area contributed by atoms with Gasteiger partial charge in [0.2, 0.25) is 0 Å². The number of nitrogens with one attached hydrogen (secondary N) is 1. The summed E-state index contributed by atoms with van der Waals surface area (Å²) >= 11 is 0.881. The molecule has 1 rings (SSSR count). The smallest absolute Gasteiger partial charge is 0.264 e. The Hall–Kier alpha value is -0.770. The van der Waals surface area contributed by atoms with Gasteiger partial charge in [-0.05, 0) is 0 Å². The maximum atomic E-state index is 10.1. The number of hydrogen-bond acceptors (Lipinski definition) is 2. The van der Waals surface area contributed by atoms with E-state index < -0.39 is 0 Å². The molecule has 0 saturated carbocycles. The van der Waals surface area contributed by atoms with Gasteiger partial charge in [-0.3, -0.25) is 4.79 Å². The monoisotopic (exact) mass is 116 g/mol. The first-order valence-electron chi connectivity index (χ1n) is 1.64. The molecule has 0 aromatic rings. The van der Waals surface area contributed by atoms with E-state index in [1.54, 1.807) is 0 Å². The number of imide groups is 1. The number of amides is 2. The van der Waals surface area contributed by atoms with Crippen molar-refractivity contribution in [2.24, 2.45) is 0 Å². The lowest BCUT2D eigenvalue weighted by Crippen LogP contribution is -2.20. The van der Waals surface area contributed by atoms with Crippen LogP contribution in [0.1, 0.15) is 0 Å². The van der Waals surface area contributed by atoms with Gasteiger partial charge in [0.25, 0.3) is 16.7 Å². The molecule has 0 aliphatic carbocycles. The second-order valence-electron chi connectivity index (χ2n) is 1.01. The number of rotatable bonds is 0. The molecule has 7 heavy (non-hydrogen) atoms. The van der Waals surface area contributed by atoms with Gasteiger partial charge in [-0.25, -0.2) is 10.1 Å². The summed E-state index contributed by atoms with van der Waals surface area (Å²) in [7, 11) is 0. The van der Waals surface area contributed by atoms with Crippen LogP contribution in [0.2, 0.25) is 0 Å². The number of carbonyl (C=O) groups excluding carboxylic acids is 2. The highest BCUT2D eigenvalue weighted by Gasteiger charge is 2.24. The Bertz CT molecular complexity index is 135.